The standard InChI is InChI=1S/C14H11FO3/c1-18-10-7-5-9(6-8-10)11-3-2-4-12(15)13(11)14(16)17/h2-8H,1H3,(H,16,17). The average molecular weight is 246 g/mol. The van der Waals surface area contributed by atoms with Gasteiger partial charge in [0.1, 0.15) is 17.1 Å². The third kappa shape index (κ3) is 2.18. The van der Waals surface area contributed by atoms with Gasteiger partial charge in [-0.3, -0.25) is 0 Å². The molecule has 0 saturated heterocycles. The van der Waals surface area contributed by atoms with Crippen molar-refractivity contribution in [3.05, 3.63) is 53.8 Å². The molecule has 0 saturated carbocycles. The van der Waals surface area contributed by atoms with E-state index in [0.29, 0.717) is 16.9 Å². The highest BCUT2D eigenvalue weighted by Gasteiger charge is 2.16. The number of halogens is 1. The van der Waals surface area contributed by atoms with Gasteiger partial charge in [-0.25, -0.2) is 9.18 Å². The van der Waals surface area contributed by atoms with Crippen molar-refractivity contribution in [1.29, 1.82) is 0 Å². The Morgan fingerprint density at radius 2 is 1.83 bits per heavy atom. The van der Waals surface area contributed by atoms with Crippen molar-refractivity contribution in [3.8, 4) is 16.9 Å². The zero-order valence-corrected chi connectivity index (χ0v) is 9.68. The molecule has 0 aromatic heterocycles. The molecule has 0 bridgehead atoms. The molecule has 0 heterocycles. The summed E-state index contributed by atoms with van der Waals surface area (Å²) in [5, 5.41) is 9.04. The van der Waals surface area contributed by atoms with Crippen LogP contribution in [-0.4, -0.2) is 18.2 Å². The van der Waals surface area contributed by atoms with Gasteiger partial charge in [0.15, 0.2) is 0 Å². The van der Waals surface area contributed by atoms with Gasteiger partial charge in [0.2, 0.25) is 0 Å². The topological polar surface area (TPSA) is 46.5 Å². The fourth-order valence-electron chi connectivity index (χ4n) is 1.75. The van der Waals surface area contributed by atoms with Crippen LogP contribution in [0, 0.1) is 5.82 Å². The van der Waals surface area contributed by atoms with Crippen LogP contribution < -0.4 is 4.74 Å². The lowest BCUT2D eigenvalue weighted by molar-refractivity contribution is 0.0693. The van der Waals surface area contributed by atoms with E-state index in [1.807, 2.05) is 0 Å². The minimum Gasteiger partial charge on any atom is -0.497 e. The number of benzene rings is 2. The van der Waals surface area contributed by atoms with Crippen LogP contribution in [0.3, 0.4) is 0 Å². The van der Waals surface area contributed by atoms with Crippen molar-refractivity contribution < 1.29 is 19.0 Å². The Hall–Kier alpha value is -2.36. The van der Waals surface area contributed by atoms with E-state index < -0.39 is 11.8 Å². The molecule has 0 atom stereocenters. The van der Waals surface area contributed by atoms with Crippen LogP contribution in [0.2, 0.25) is 0 Å². The summed E-state index contributed by atoms with van der Waals surface area (Å²) in [7, 11) is 1.54. The van der Waals surface area contributed by atoms with Gasteiger partial charge in [-0.2, -0.15) is 0 Å². The first-order valence-electron chi connectivity index (χ1n) is 5.29. The number of carboxylic acid groups (broad SMARTS) is 1. The number of hydrogen-bond donors (Lipinski definition) is 1. The Morgan fingerprint density at radius 1 is 1.17 bits per heavy atom. The van der Waals surface area contributed by atoms with E-state index in [4.69, 9.17) is 9.84 Å². The molecule has 2 aromatic carbocycles. The van der Waals surface area contributed by atoms with Crippen molar-refractivity contribution in [2.45, 2.75) is 0 Å². The normalized spacial score (nSPS) is 10.1. The SMILES string of the molecule is COc1ccc(-c2cccc(F)c2C(=O)O)cc1. The minimum atomic E-state index is -1.28. The van der Waals surface area contributed by atoms with E-state index in [1.54, 1.807) is 37.4 Å². The largest absolute Gasteiger partial charge is 0.497 e. The molecule has 0 fully saturated rings. The molecule has 3 nitrogen and oxygen atoms in total. The van der Waals surface area contributed by atoms with Crippen LogP contribution in [-0.2, 0) is 0 Å². The zero-order valence-electron chi connectivity index (χ0n) is 9.68. The molecule has 0 spiro atoms. The molecular formula is C14H11FO3. The predicted octanol–water partition coefficient (Wildman–Crippen LogP) is 3.20. The monoisotopic (exact) mass is 246 g/mol. The number of methoxy groups -OCH3 is 1. The highest BCUT2D eigenvalue weighted by molar-refractivity contribution is 5.96. The number of aromatic carboxylic acids is 1. The van der Waals surface area contributed by atoms with Gasteiger partial charge in [0.05, 0.1) is 7.11 Å². The van der Waals surface area contributed by atoms with E-state index in [0.717, 1.165) is 6.07 Å². The maximum Gasteiger partial charge on any atom is 0.339 e. The highest BCUT2D eigenvalue weighted by atomic mass is 19.1. The van der Waals surface area contributed by atoms with Crippen LogP contribution in [0.4, 0.5) is 4.39 Å². The zero-order chi connectivity index (χ0) is 13.1. The number of ether oxygens (including phenoxy) is 1. The number of hydrogen-bond acceptors (Lipinski definition) is 2. The Balaban J connectivity index is 2.56. The summed E-state index contributed by atoms with van der Waals surface area (Å²) in [5.41, 5.74) is 0.667. The van der Waals surface area contributed by atoms with Crippen LogP contribution in [0.1, 0.15) is 10.4 Å². The first kappa shape index (κ1) is 12.1. The first-order chi connectivity index (χ1) is 8.63. The van der Waals surface area contributed by atoms with E-state index in [-0.39, 0.29) is 5.56 Å². The summed E-state index contributed by atoms with van der Waals surface area (Å²) in [4.78, 5) is 11.1. The second kappa shape index (κ2) is 4.87. The fourth-order valence-corrected chi connectivity index (χ4v) is 1.75. The molecule has 0 aliphatic carbocycles. The van der Waals surface area contributed by atoms with Crippen molar-refractivity contribution in [1.82, 2.24) is 0 Å². The van der Waals surface area contributed by atoms with E-state index >= 15 is 0 Å². The summed E-state index contributed by atoms with van der Waals surface area (Å²) >= 11 is 0. The first-order valence-corrected chi connectivity index (χ1v) is 5.29. The molecule has 0 aliphatic rings. The minimum absolute atomic E-state index is 0.317. The van der Waals surface area contributed by atoms with Crippen molar-refractivity contribution >= 4 is 5.97 Å². The molecule has 0 unspecified atom stereocenters. The van der Waals surface area contributed by atoms with Crippen molar-refractivity contribution in [2.24, 2.45) is 0 Å². The molecule has 4 heteroatoms. The van der Waals surface area contributed by atoms with Gasteiger partial charge < -0.3 is 9.84 Å². The van der Waals surface area contributed by atoms with Crippen LogP contribution in [0.25, 0.3) is 11.1 Å². The van der Waals surface area contributed by atoms with Crippen LogP contribution in [0.15, 0.2) is 42.5 Å². The number of carbonyl (C=O) groups is 1. The number of rotatable bonds is 3. The third-order valence-corrected chi connectivity index (χ3v) is 2.63. The summed E-state index contributed by atoms with van der Waals surface area (Å²) in [6.45, 7) is 0. The molecule has 18 heavy (non-hydrogen) atoms. The van der Waals surface area contributed by atoms with Crippen LogP contribution in [0.5, 0.6) is 5.75 Å². The molecule has 92 valence electrons. The smallest absolute Gasteiger partial charge is 0.339 e. The Kier molecular flexibility index (Phi) is 3.28. The summed E-state index contributed by atoms with van der Waals surface area (Å²) in [6.07, 6.45) is 0. The Labute approximate surface area is 103 Å². The van der Waals surface area contributed by atoms with Gasteiger partial charge in [0.25, 0.3) is 0 Å². The quantitative estimate of drug-likeness (QED) is 0.904. The molecule has 2 aromatic rings. The molecular weight excluding hydrogens is 235 g/mol. The maximum atomic E-state index is 13.5. The summed E-state index contributed by atoms with van der Waals surface area (Å²) < 4.78 is 18.5. The summed E-state index contributed by atoms with van der Waals surface area (Å²) in [5.74, 6) is -1.36. The molecule has 0 aliphatic heterocycles. The van der Waals surface area contributed by atoms with Crippen molar-refractivity contribution in [2.75, 3.05) is 7.11 Å². The summed E-state index contributed by atoms with van der Waals surface area (Å²) in [6, 6.07) is 11.0. The van der Waals surface area contributed by atoms with Crippen LogP contribution >= 0.6 is 0 Å². The molecule has 0 radical (unpaired) electrons. The van der Waals surface area contributed by atoms with Gasteiger partial charge in [-0.05, 0) is 29.3 Å². The van der Waals surface area contributed by atoms with Gasteiger partial charge in [-0.1, -0.05) is 24.3 Å². The molecule has 0 amide bonds. The second-order valence-corrected chi connectivity index (χ2v) is 3.70. The average Bonchev–Trinajstić information content (AvgIpc) is 2.38. The lowest BCUT2D eigenvalue weighted by atomic mass is 9.99. The van der Waals surface area contributed by atoms with Gasteiger partial charge >= 0.3 is 5.97 Å². The Bertz CT molecular complexity index is 576. The Morgan fingerprint density at radius 3 is 2.39 bits per heavy atom. The third-order valence-electron chi connectivity index (χ3n) is 2.63. The number of carboxylic acids is 1. The lowest BCUT2D eigenvalue weighted by Crippen LogP contribution is -2.03. The maximum absolute atomic E-state index is 13.5. The fraction of sp³-hybridized carbons (Fsp3) is 0.0714. The van der Waals surface area contributed by atoms with Gasteiger partial charge in [-0.15, -0.1) is 0 Å². The highest BCUT2D eigenvalue weighted by Crippen LogP contribution is 2.27. The lowest BCUT2D eigenvalue weighted by Gasteiger charge is -2.08. The molecule has 1 N–H and O–H groups in total. The van der Waals surface area contributed by atoms with E-state index in [1.165, 1.54) is 6.07 Å². The second-order valence-electron chi connectivity index (χ2n) is 3.70. The van der Waals surface area contributed by atoms with E-state index in [9.17, 15) is 9.18 Å². The van der Waals surface area contributed by atoms with Crippen molar-refractivity contribution in [3.63, 3.8) is 0 Å². The van der Waals surface area contributed by atoms with Gasteiger partial charge in [0, 0.05) is 0 Å². The van der Waals surface area contributed by atoms with E-state index in [2.05, 4.69) is 0 Å². The predicted molar refractivity (Wildman–Crippen MR) is 65.3 cm³/mol. The molecule has 2 rings (SSSR count).